The molecule has 0 aromatic heterocycles. The van der Waals surface area contributed by atoms with Gasteiger partial charge in [-0.1, -0.05) is 26.8 Å². The summed E-state index contributed by atoms with van der Waals surface area (Å²) < 4.78 is 10.8. The Morgan fingerprint density at radius 1 is 1.24 bits per heavy atom. The summed E-state index contributed by atoms with van der Waals surface area (Å²) in [5.74, 6) is 1.68. The van der Waals surface area contributed by atoms with Gasteiger partial charge in [-0.2, -0.15) is 0 Å². The average Bonchev–Trinajstić information content (AvgIpc) is 2.51. The molecular formula is C17H30N2O2. The summed E-state index contributed by atoms with van der Waals surface area (Å²) in [6.45, 7) is 11.4. The maximum absolute atomic E-state index is 5.87. The van der Waals surface area contributed by atoms with Crippen LogP contribution in [0.1, 0.15) is 39.3 Å². The molecule has 21 heavy (non-hydrogen) atoms. The zero-order valence-corrected chi connectivity index (χ0v) is 14.3. The van der Waals surface area contributed by atoms with Crippen molar-refractivity contribution in [2.24, 2.45) is 11.1 Å². The standard InChI is InChI=1S/C17H30N2O2/c1-7-19(12-17(3,4)11-18)13(2)15-9-8-14(20-5)10-16(15)21-6/h8-10,13H,7,11-12,18H2,1-6H3. The third-order valence-corrected chi connectivity index (χ3v) is 4.03. The maximum atomic E-state index is 5.87. The molecule has 1 unspecified atom stereocenters. The molecule has 0 fully saturated rings. The number of rotatable bonds is 8. The van der Waals surface area contributed by atoms with Gasteiger partial charge in [-0.25, -0.2) is 0 Å². The third-order valence-electron chi connectivity index (χ3n) is 4.03. The molecule has 0 bridgehead atoms. The van der Waals surface area contributed by atoms with E-state index in [1.54, 1.807) is 14.2 Å². The Bertz CT molecular complexity index is 446. The molecule has 1 aromatic rings. The molecule has 120 valence electrons. The number of nitrogens with zero attached hydrogens (tertiary/aromatic N) is 1. The quantitative estimate of drug-likeness (QED) is 0.800. The molecule has 0 amide bonds. The Morgan fingerprint density at radius 3 is 2.38 bits per heavy atom. The fraction of sp³-hybridized carbons (Fsp3) is 0.647. The Labute approximate surface area is 129 Å². The topological polar surface area (TPSA) is 47.7 Å². The summed E-state index contributed by atoms with van der Waals surface area (Å²) in [6.07, 6.45) is 0. The van der Waals surface area contributed by atoms with Gasteiger partial charge < -0.3 is 15.2 Å². The normalized spacial score (nSPS) is 13.3. The molecule has 1 rings (SSSR count). The molecule has 2 N–H and O–H groups in total. The zero-order chi connectivity index (χ0) is 16.0. The second-order valence-electron chi connectivity index (χ2n) is 6.22. The van der Waals surface area contributed by atoms with E-state index in [0.29, 0.717) is 6.54 Å². The predicted octanol–water partition coefficient (Wildman–Crippen LogP) is 3.07. The van der Waals surface area contributed by atoms with Crippen molar-refractivity contribution in [3.63, 3.8) is 0 Å². The molecule has 0 spiro atoms. The van der Waals surface area contributed by atoms with Crippen LogP contribution in [-0.4, -0.2) is 38.8 Å². The van der Waals surface area contributed by atoms with E-state index in [1.807, 2.05) is 12.1 Å². The molecule has 0 radical (unpaired) electrons. The van der Waals surface area contributed by atoms with Crippen molar-refractivity contribution in [3.05, 3.63) is 23.8 Å². The third kappa shape index (κ3) is 4.61. The van der Waals surface area contributed by atoms with Crippen LogP contribution in [-0.2, 0) is 0 Å². The van der Waals surface area contributed by atoms with Gasteiger partial charge in [0.1, 0.15) is 11.5 Å². The van der Waals surface area contributed by atoms with E-state index in [9.17, 15) is 0 Å². The number of methoxy groups -OCH3 is 2. The van der Waals surface area contributed by atoms with Crippen molar-refractivity contribution < 1.29 is 9.47 Å². The molecular weight excluding hydrogens is 264 g/mol. The lowest BCUT2D eigenvalue weighted by molar-refractivity contribution is 0.146. The van der Waals surface area contributed by atoms with Crippen molar-refractivity contribution in [1.82, 2.24) is 4.90 Å². The van der Waals surface area contributed by atoms with Crippen LogP contribution in [0.15, 0.2) is 18.2 Å². The van der Waals surface area contributed by atoms with Gasteiger partial charge in [-0.15, -0.1) is 0 Å². The summed E-state index contributed by atoms with van der Waals surface area (Å²) in [5, 5.41) is 0. The number of hydrogen-bond donors (Lipinski definition) is 1. The fourth-order valence-corrected chi connectivity index (χ4v) is 2.50. The van der Waals surface area contributed by atoms with Crippen molar-refractivity contribution >= 4 is 0 Å². The van der Waals surface area contributed by atoms with Gasteiger partial charge in [0, 0.05) is 24.2 Å². The number of benzene rings is 1. The van der Waals surface area contributed by atoms with Gasteiger partial charge in [0.2, 0.25) is 0 Å². The minimum absolute atomic E-state index is 0.101. The van der Waals surface area contributed by atoms with Crippen molar-refractivity contribution in [2.75, 3.05) is 33.9 Å². The summed E-state index contributed by atoms with van der Waals surface area (Å²) in [6, 6.07) is 6.27. The molecule has 0 heterocycles. The number of nitrogens with two attached hydrogens (primary N) is 1. The summed E-state index contributed by atoms with van der Waals surface area (Å²) in [4.78, 5) is 2.43. The van der Waals surface area contributed by atoms with Crippen LogP contribution in [0.25, 0.3) is 0 Å². The lowest BCUT2D eigenvalue weighted by Gasteiger charge is -2.35. The molecule has 1 atom stereocenters. The summed E-state index contributed by atoms with van der Waals surface area (Å²) >= 11 is 0. The molecule has 4 nitrogen and oxygen atoms in total. The average molecular weight is 294 g/mol. The molecule has 1 aromatic carbocycles. The van der Waals surface area contributed by atoms with Crippen LogP contribution < -0.4 is 15.2 Å². The Balaban J connectivity index is 3.02. The highest BCUT2D eigenvalue weighted by Gasteiger charge is 2.25. The SMILES string of the molecule is CCN(CC(C)(C)CN)C(C)c1ccc(OC)cc1OC. The number of hydrogen-bond acceptors (Lipinski definition) is 4. The van der Waals surface area contributed by atoms with Gasteiger partial charge in [0.25, 0.3) is 0 Å². The highest BCUT2D eigenvalue weighted by atomic mass is 16.5. The van der Waals surface area contributed by atoms with E-state index in [4.69, 9.17) is 15.2 Å². The number of ether oxygens (including phenoxy) is 2. The second kappa shape index (κ2) is 7.66. The first-order valence-corrected chi connectivity index (χ1v) is 7.54. The Kier molecular flexibility index (Phi) is 6.49. The van der Waals surface area contributed by atoms with E-state index in [2.05, 4.69) is 38.7 Å². The minimum Gasteiger partial charge on any atom is -0.497 e. The smallest absolute Gasteiger partial charge is 0.127 e. The van der Waals surface area contributed by atoms with Gasteiger partial charge in [-0.05, 0) is 31.5 Å². The minimum atomic E-state index is 0.101. The van der Waals surface area contributed by atoms with Crippen molar-refractivity contribution in [1.29, 1.82) is 0 Å². The van der Waals surface area contributed by atoms with Gasteiger partial charge in [-0.3, -0.25) is 4.90 Å². The molecule has 0 aliphatic heterocycles. The van der Waals surface area contributed by atoms with Crippen LogP contribution in [0.5, 0.6) is 11.5 Å². The van der Waals surface area contributed by atoms with Crippen LogP contribution in [0.2, 0.25) is 0 Å². The summed E-state index contributed by atoms with van der Waals surface area (Å²) in [5.41, 5.74) is 7.15. The lowest BCUT2D eigenvalue weighted by Crippen LogP contribution is -2.40. The highest BCUT2D eigenvalue weighted by molar-refractivity contribution is 5.42. The first-order valence-electron chi connectivity index (χ1n) is 7.54. The first-order chi connectivity index (χ1) is 9.88. The van der Waals surface area contributed by atoms with E-state index < -0.39 is 0 Å². The molecule has 0 aliphatic carbocycles. The van der Waals surface area contributed by atoms with Crippen molar-refractivity contribution in [2.45, 2.75) is 33.7 Å². The van der Waals surface area contributed by atoms with Crippen LogP contribution in [0.4, 0.5) is 0 Å². The predicted molar refractivity (Wildman–Crippen MR) is 88.0 cm³/mol. The highest BCUT2D eigenvalue weighted by Crippen LogP contribution is 2.33. The van der Waals surface area contributed by atoms with Crippen LogP contribution in [0, 0.1) is 5.41 Å². The monoisotopic (exact) mass is 294 g/mol. The lowest BCUT2D eigenvalue weighted by atomic mass is 9.91. The van der Waals surface area contributed by atoms with E-state index in [1.165, 1.54) is 5.56 Å². The molecule has 0 aliphatic rings. The summed E-state index contributed by atoms with van der Waals surface area (Å²) in [7, 11) is 3.37. The molecule has 0 saturated carbocycles. The van der Waals surface area contributed by atoms with Crippen molar-refractivity contribution in [3.8, 4) is 11.5 Å². The fourth-order valence-electron chi connectivity index (χ4n) is 2.50. The van der Waals surface area contributed by atoms with Crippen LogP contribution >= 0.6 is 0 Å². The van der Waals surface area contributed by atoms with E-state index >= 15 is 0 Å². The van der Waals surface area contributed by atoms with Crippen LogP contribution in [0.3, 0.4) is 0 Å². The van der Waals surface area contributed by atoms with E-state index in [0.717, 1.165) is 24.6 Å². The Morgan fingerprint density at radius 2 is 1.90 bits per heavy atom. The van der Waals surface area contributed by atoms with Gasteiger partial charge in [0.05, 0.1) is 14.2 Å². The maximum Gasteiger partial charge on any atom is 0.127 e. The largest absolute Gasteiger partial charge is 0.497 e. The van der Waals surface area contributed by atoms with E-state index in [-0.39, 0.29) is 11.5 Å². The van der Waals surface area contributed by atoms with Gasteiger partial charge in [0.15, 0.2) is 0 Å². The zero-order valence-electron chi connectivity index (χ0n) is 14.3. The second-order valence-corrected chi connectivity index (χ2v) is 6.22. The molecule has 0 saturated heterocycles. The first kappa shape index (κ1) is 17.8. The molecule has 4 heteroatoms. The Hall–Kier alpha value is -1.26. The van der Waals surface area contributed by atoms with Gasteiger partial charge >= 0.3 is 0 Å².